The smallest absolute Gasteiger partial charge is 0.122 e. The summed E-state index contributed by atoms with van der Waals surface area (Å²) in [4.78, 5) is 0. The van der Waals surface area contributed by atoms with Crippen LogP contribution < -0.4 is 10.1 Å². The number of rotatable bonds is 5. The zero-order valence-electron chi connectivity index (χ0n) is 12.7. The molecule has 0 spiro atoms. The summed E-state index contributed by atoms with van der Waals surface area (Å²) in [6.45, 7) is 2.97. The van der Waals surface area contributed by atoms with E-state index >= 15 is 0 Å². The molecular formula is C19H22ClNO. The van der Waals surface area contributed by atoms with Gasteiger partial charge in [0.2, 0.25) is 0 Å². The summed E-state index contributed by atoms with van der Waals surface area (Å²) in [7, 11) is 0. The lowest BCUT2D eigenvalue weighted by molar-refractivity contribution is 0.217. The zero-order valence-corrected chi connectivity index (χ0v) is 13.5. The Balaban J connectivity index is 1.70. The number of hydrogen-bond acceptors (Lipinski definition) is 2. The molecule has 0 bridgehead atoms. The van der Waals surface area contributed by atoms with Crippen LogP contribution in [0, 0.1) is 5.92 Å². The first-order valence-electron chi connectivity index (χ1n) is 7.97. The van der Waals surface area contributed by atoms with Crippen molar-refractivity contribution in [1.82, 2.24) is 5.32 Å². The molecule has 0 saturated carbocycles. The number of nitrogens with one attached hydrogen (secondary N) is 1. The summed E-state index contributed by atoms with van der Waals surface area (Å²) in [6, 6.07) is 16.4. The van der Waals surface area contributed by atoms with E-state index < -0.39 is 0 Å². The number of ether oxygens (including phenoxy) is 1. The van der Waals surface area contributed by atoms with Gasteiger partial charge in [0, 0.05) is 23.9 Å². The first kappa shape index (κ1) is 15.4. The van der Waals surface area contributed by atoms with Gasteiger partial charge >= 0.3 is 0 Å². The lowest BCUT2D eigenvalue weighted by atomic mass is 10.0. The van der Waals surface area contributed by atoms with Crippen molar-refractivity contribution in [2.24, 2.45) is 5.92 Å². The van der Waals surface area contributed by atoms with Gasteiger partial charge in [-0.15, -0.1) is 0 Å². The van der Waals surface area contributed by atoms with E-state index in [-0.39, 0.29) is 0 Å². The molecule has 2 nitrogen and oxygen atoms in total. The summed E-state index contributed by atoms with van der Waals surface area (Å²) >= 11 is 6.17. The van der Waals surface area contributed by atoms with Gasteiger partial charge in [-0.1, -0.05) is 41.9 Å². The van der Waals surface area contributed by atoms with E-state index in [0.717, 1.165) is 42.5 Å². The first-order valence-corrected chi connectivity index (χ1v) is 8.35. The molecule has 0 aliphatic carbocycles. The Hall–Kier alpha value is -1.51. The van der Waals surface area contributed by atoms with Crippen LogP contribution in [0.15, 0.2) is 48.5 Å². The number of piperidine rings is 1. The van der Waals surface area contributed by atoms with Crippen molar-refractivity contribution in [3.63, 3.8) is 0 Å². The first-order chi connectivity index (χ1) is 10.8. The largest absolute Gasteiger partial charge is 0.493 e. The second-order valence-electron chi connectivity index (χ2n) is 5.94. The molecule has 1 atom stereocenters. The molecule has 22 heavy (non-hydrogen) atoms. The highest BCUT2D eigenvalue weighted by molar-refractivity contribution is 6.30. The van der Waals surface area contributed by atoms with Crippen molar-refractivity contribution in [3.8, 4) is 5.75 Å². The van der Waals surface area contributed by atoms with E-state index in [1.165, 1.54) is 18.4 Å². The molecule has 0 unspecified atom stereocenters. The zero-order chi connectivity index (χ0) is 15.2. The maximum absolute atomic E-state index is 6.17. The summed E-state index contributed by atoms with van der Waals surface area (Å²) in [5.41, 5.74) is 2.43. The monoisotopic (exact) mass is 315 g/mol. The van der Waals surface area contributed by atoms with Gasteiger partial charge < -0.3 is 10.1 Å². The Labute approximate surface area is 137 Å². The third-order valence-electron chi connectivity index (χ3n) is 4.13. The Morgan fingerprint density at radius 2 is 2.00 bits per heavy atom. The van der Waals surface area contributed by atoms with E-state index in [2.05, 4.69) is 29.6 Å². The summed E-state index contributed by atoms with van der Waals surface area (Å²) in [6.07, 6.45) is 3.33. The van der Waals surface area contributed by atoms with Gasteiger partial charge in [0.1, 0.15) is 5.75 Å². The molecule has 1 saturated heterocycles. The van der Waals surface area contributed by atoms with Crippen molar-refractivity contribution in [1.29, 1.82) is 0 Å². The molecule has 1 fully saturated rings. The van der Waals surface area contributed by atoms with Crippen molar-refractivity contribution in [2.45, 2.75) is 19.3 Å². The second kappa shape index (κ2) is 7.66. The predicted octanol–water partition coefficient (Wildman–Crippen LogP) is 4.31. The lowest BCUT2D eigenvalue weighted by Gasteiger charge is -2.23. The lowest BCUT2D eigenvalue weighted by Crippen LogP contribution is -2.33. The van der Waals surface area contributed by atoms with E-state index in [1.807, 2.05) is 24.3 Å². The standard InChI is InChI=1S/C19H22ClNO/c20-18-8-9-19(22-14-16-7-4-10-21-13-16)17(12-18)11-15-5-2-1-3-6-15/h1-3,5-6,8-9,12,16,21H,4,7,10-11,13-14H2/t16-/m1/s1. The van der Waals surface area contributed by atoms with Crippen LogP contribution in [0.1, 0.15) is 24.0 Å². The predicted molar refractivity (Wildman–Crippen MR) is 91.8 cm³/mol. The van der Waals surface area contributed by atoms with Crippen molar-refractivity contribution in [3.05, 3.63) is 64.7 Å². The Kier molecular flexibility index (Phi) is 5.36. The Bertz CT molecular complexity index is 594. The van der Waals surface area contributed by atoms with Gasteiger partial charge in [0.05, 0.1) is 6.61 Å². The SMILES string of the molecule is Clc1ccc(OC[C@@H]2CCCNC2)c(Cc2ccccc2)c1. The highest BCUT2D eigenvalue weighted by atomic mass is 35.5. The maximum Gasteiger partial charge on any atom is 0.122 e. The molecule has 3 rings (SSSR count). The van der Waals surface area contributed by atoms with Crippen LogP contribution in [0.2, 0.25) is 5.02 Å². The minimum absolute atomic E-state index is 0.606. The molecule has 3 heteroatoms. The quantitative estimate of drug-likeness (QED) is 0.887. The van der Waals surface area contributed by atoms with Crippen LogP contribution in [-0.2, 0) is 6.42 Å². The molecule has 0 amide bonds. The summed E-state index contributed by atoms with van der Waals surface area (Å²) < 4.78 is 6.11. The van der Waals surface area contributed by atoms with Gasteiger partial charge in [0.25, 0.3) is 0 Å². The third-order valence-corrected chi connectivity index (χ3v) is 4.37. The van der Waals surface area contributed by atoms with E-state index in [4.69, 9.17) is 16.3 Å². The minimum atomic E-state index is 0.606. The normalized spacial score (nSPS) is 18.1. The van der Waals surface area contributed by atoms with Crippen LogP contribution >= 0.6 is 11.6 Å². The van der Waals surface area contributed by atoms with Gasteiger partial charge in [0.15, 0.2) is 0 Å². The molecule has 1 N–H and O–H groups in total. The van der Waals surface area contributed by atoms with Crippen LogP contribution in [0.25, 0.3) is 0 Å². The van der Waals surface area contributed by atoms with Gasteiger partial charge in [-0.05, 0) is 48.7 Å². The highest BCUT2D eigenvalue weighted by Crippen LogP contribution is 2.26. The van der Waals surface area contributed by atoms with Gasteiger partial charge in [-0.2, -0.15) is 0 Å². The molecular weight excluding hydrogens is 294 g/mol. The van der Waals surface area contributed by atoms with E-state index in [9.17, 15) is 0 Å². The molecule has 2 aromatic rings. The highest BCUT2D eigenvalue weighted by Gasteiger charge is 2.14. The molecule has 0 aromatic heterocycles. The Morgan fingerprint density at radius 3 is 2.77 bits per heavy atom. The molecule has 1 aliphatic heterocycles. The molecule has 2 aromatic carbocycles. The minimum Gasteiger partial charge on any atom is -0.493 e. The van der Waals surface area contributed by atoms with E-state index in [1.54, 1.807) is 0 Å². The van der Waals surface area contributed by atoms with Crippen molar-refractivity contribution in [2.75, 3.05) is 19.7 Å². The fraction of sp³-hybridized carbons (Fsp3) is 0.368. The molecule has 116 valence electrons. The van der Waals surface area contributed by atoms with Gasteiger partial charge in [-0.25, -0.2) is 0 Å². The van der Waals surface area contributed by atoms with Crippen LogP contribution in [-0.4, -0.2) is 19.7 Å². The fourth-order valence-electron chi connectivity index (χ4n) is 2.92. The number of benzene rings is 2. The average Bonchev–Trinajstić information content (AvgIpc) is 2.56. The van der Waals surface area contributed by atoms with Crippen molar-refractivity contribution < 1.29 is 4.74 Å². The maximum atomic E-state index is 6.17. The average molecular weight is 316 g/mol. The Morgan fingerprint density at radius 1 is 1.14 bits per heavy atom. The van der Waals surface area contributed by atoms with Crippen LogP contribution in [0.3, 0.4) is 0 Å². The van der Waals surface area contributed by atoms with Gasteiger partial charge in [-0.3, -0.25) is 0 Å². The number of halogens is 1. The summed E-state index contributed by atoms with van der Waals surface area (Å²) in [5, 5.41) is 4.20. The second-order valence-corrected chi connectivity index (χ2v) is 6.37. The number of hydrogen-bond donors (Lipinski definition) is 1. The fourth-order valence-corrected chi connectivity index (χ4v) is 3.11. The molecule has 1 heterocycles. The van der Waals surface area contributed by atoms with Crippen LogP contribution in [0.5, 0.6) is 5.75 Å². The topological polar surface area (TPSA) is 21.3 Å². The molecule has 1 aliphatic rings. The summed E-state index contributed by atoms with van der Waals surface area (Å²) in [5.74, 6) is 1.56. The van der Waals surface area contributed by atoms with Crippen LogP contribution in [0.4, 0.5) is 0 Å². The molecule has 0 radical (unpaired) electrons. The van der Waals surface area contributed by atoms with E-state index in [0.29, 0.717) is 5.92 Å². The third kappa shape index (κ3) is 4.25. The van der Waals surface area contributed by atoms with Crippen molar-refractivity contribution >= 4 is 11.6 Å².